The maximum absolute atomic E-state index is 6.73. The van der Waals surface area contributed by atoms with Gasteiger partial charge in [0.05, 0.1) is 27.6 Å². The number of furan rings is 1. The first kappa shape index (κ1) is 36.3. The summed E-state index contributed by atoms with van der Waals surface area (Å²) in [6.45, 7) is 0. The molecule has 66 heavy (non-hydrogen) atoms. The van der Waals surface area contributed by atoms with Crippen LogP contribution in [-0.4, -0.2) is 0 Å². The summed E-state index contributed by atoms with van der Waals surface area (Å²) in [4.78, 5) is 5.11. The second-order valence-corrected chi connectivity index (χ2v) is 18.9. The Kier molecular flexibility index (Phi) is 7.29. The molecular weight excluding hydrogens is 823 g/mol. The predicted molar refractivity (Wildman–Crippen MR) is 267 cm³/mol. The van der Waals surface area contributed by atoms with Crippen LogP contribution in [-0.2, 0) is 10.8 Å². The summed E-state index contributed by atoms with van der Waals surface area (Å²) in [5.41, 5.74) is 18.8. The fourth-order valence-corrected chi connectivity index (χ4v) is 13.6. The van der Waals surface area contributed by atoms with Gasteiger partial charge in [0.1, 0.15) is 22.7 Å². The van der Waals surface area contributed by atoms with Gasteiger partial charge in [-0.15, -0.1) is 0 Å². The summed E-state index contributed by atoms with van der Waals surface area (Å²) in [5, 5.41) is 2.17. The molecule has 0 saturated carbocycles. The van der Waals surface area contributed by atoms with Crippen LogP contribution in [0.2, 0.25) is 0 Å². The van der Waals surface area contributed by atoms with Gasteiger partial charge in [-0.25, -0.2) is 0 Å². The van der Waals surface area contributed by atoms with Crippen molar-refractivity contribution in [2.75, 3.05) is 4.90 Å². The Morgan fingerprint density at radius 1 is 0.364 bits per heavy atom. The molecule has 1 aromatic heterocycles. The molecular formula is C62H37NO2S. The summed E-state index contributed by atoms with van der Waals surface area (Å²) in [6.07, 6.45) is 0. The van der Waals surface area contributed by atoms with E-state index < -0.39 is 10.8 Å². The Balaban J connectivity index is 1.05. The van der Waals surface area contributed by atoms with E-state index in [1.54, 1.807) is 0 Å². The molecule has 2 aliphatic carbocycles. The first-order chi connectivity index (χ1) is 32.7. The zero-order chi connectivity index (χ0) is 43.1. The smallest absolute Gasteiger partial charge is 0.137 e. The van der Waals surface area contributed by atoms with Gasteiger partial charge in [-0.05, 0) is 111 Å². The number of hydrogen-bond donors (Lipinski definition) is 0. The summed E-state index contributed by atoms with van der Waals surface area (Å²) >= 11 is 1.88. The Bertz CT molecular complexity index is 3790. The van der Waals surface area contributed by atoms with Gasteiger partial charge in [0.15, 0.2) is 0 Å². The van der Waals surface area contributed by atoms with Crippen LogP contribution in [0.4, 0.5) is 17.1 Å². The van der Waals surface area contributed by atoms with Crippen molar-refractivity contribution >= 4 is 50.8 Å². The lowest BCUT2D eigenvalue weighted by Gasteiger charge is -2.40. The monoisotopic (exact) mass is 859 g/mol. The number of anilines is 3. The molecule has 4 heteroatoms. The largest absolute Gasteiger partial charge is 0.457 e. The maximum Gasteiger partial charge on any atom is 0.137 e. The highest BCUT2D eigenvalue weighted by Gasteiger charge is 2.53. The third kappa shape index (κ3) is 4.49. The molecule has 10 aromatic carbocycles. The van der Waals surface area contributed by atoms with Gasteiger partial charge in [0, 0.05) is 37.6 Å². The van der Waals surface area contributed by atoms with E-state index in [0.29, 0.717) is 0 Å². The Morgan fingerprint density at radius 2 is 0.879 bits per heavy atom. The van der Waals surface area contributed by atoms with Crippen LogP contribution in [0.5, 0.6) is 11.5 Å². The molecule has 0 bridgehead atoms. The molecule has 0 amide bonds. The first-order valence-electron chi connectivity index (χ1n) is 22.7. The zero-order valence-electron chi connectivity index (χ0n) is 35.5. The van der Waals surface area contributed by atoms with E-state index in [-0.39, 0.29) is 0 Å². The molecule has 15 rings (SSSR count). The minimum atomic E-state index is -0.615. The standard InChI is InChI=1S/C62H37NO2S/c1-4-20-43-39(17-1)42-37-38(35-36-45(42)61(43)48-24-8-13-33-57(48)66-58-34-14-9-25-49(58)61)63(52-28-16-32-56-60(52)41-19-3-10-29-53(41)64-56)51-27-15-26-50-59(51)40-18-2-5-21-44(40)62(50)46-22-6-11-30-54(46)65-55-31-12-7-23-47(55)62/h1-37H. The van der Waals surface area contributed by atoms with E-state index in [0.717, 1.165) is 61.6 Å². The molecule has 3 heterocycles. The van der Waals surface area contributed by atoms with Crippen LogP contribution in [0.15, 0.2) is 239 Å². The van der Waals surface area contributed by atoms with Gasteiger partial charge < -0.3 is 14.1 Å². The molecule has 308 valence electrons. The lowest BCUT2D eigenvalue weighted by Crippen LogP contribution is -2.32. The predicted octanol–water partition coefficient (Wildman–Crippen LogP) is 16.4. The van der Waals surface area contributed by atoms with E-state index in [1.807, 2.05) is 11.8 Å². The van der Waals surface area contributed by atoms with Gasteiger partial charge >= 0.3 is 0 Å². The van der Waals surface area contributed by atoms with Gasteiger partial charge in [-0.1, -0.05) is 176 Å². The molecule has 2 spiro atoms. The average Bonchev–Trinajstić information content (AvgIpc) is 4.00. The number of fused-ring (bicyclic) bond motifs is 21. The van der Waals surface area contributed by atoms with Crippen molar-refractivity contribution in [1.82, 2.24) is 0 Å². The molecule has 4 aliphatic rings. The number of rotatable bonds is 3. The molecule has 11 aromatic rings. The van der Waals surface area contributed by atoms with Crippen molar-refractivity contribution < 1.29 is 9.15 Å². The average molecular weight is 860 g/mol. The summed E-state index contributed by atoms with van der Waals surface area (Å²) in [7, 11) is 0. The van der Waals surface area contributed by atoms with Crippen LogP contribution >= 0.6 is 11.8 Å². The summed E-state index contributed by atoms with van der Waals surface area (Å²) in [6, 6.07) is 82.5. The number of benzene rings is 10. The van der Waals surface area contributed by atoms with Crippen molar-refractivity contribution in [2.45, 2.75) is 20.6 Å². The Labute approximate surface area is 386 Å². The van der Waals surface area contributed by atoms with Crippen molar-refractivity contribution in [1.29, 1.82) is 0 Å². The lowest BCUT2D eigenvalue weighted by atomic mass is 9.66. The Hall–Kier alpha value is -8.05. The third-order valence-corrected chi connectivity index (χ3v) is 16.0. The quantitative estimate of drug-likeness (QED) is 0.177. The van der Waals surface area contributed by atoms with Crippen molar-refractivity contribution in [3.63, 3.8) is 0 Å². The van der Waals surface area contributed by atoms with Crippen molar-refractivity contribution in [3.05, 3.63) is 269 Å². The molecule has 0 saturated heterocycles. The van der Waals surface area contributed by atoms with Gasteiger partial charge in [-0.3, -0.25) is 0 Å². The van der Waals surface area contributed by atoms with Crippen molar-refractivity contribution in [3.8, 4) is 33.8 Å². The van der Waals surface area contributed by atoms with E-state index in [4.69, 9.17) is 9.15 Å². The summed E-state index contributed by atoms with van der Waals surface area (Å²) < 4.78 is 13.4. The normalized spacial score (nSPS) is 14.7. The Morgan fingerprint density at radius 3 is 1.62 bits per heavy atom. The number of ether oxygens (including phenoxy) is 1. The van der Waals surface area contributed by atoms with Crippen LogP contribution < -0.4 is 9.64 Å². The molecule has 0 radical (unpaired) electrons. The number of nitrogens with zero attached hydrogens (tertiary/aromatic N) is 1. The van der Waals surface area contributed by atoms with E-state index in [9.17, 15) is 0 Å². The van der Waals surface area contributed by atoms with Gasteiger partial charge in [-0.2, -0.15) is 0 Å². The lowest BCUT2D eigenvalue weighted by molar-refractivity contribution is 0.436. The third-order valence-electron chi connectivity index (χ3n) is 14.8. The van der Waals surface area contributed by atoms with Gasteiger partial charge in [0.25, 0.3) is 0 Å². The fourth-order valence-electron chi connectivity index (χ4n) is 12.4. The fraction of sp³-hybridized carbons (Fsp3) is 0.0323. The van der Waals surface area contributed by atoms with E-state index >= 15 is 0 Å². The highest BCUT2D eigenvalue weighted by atomic mass is 32.2. The number of para-hydroxylation sites is 3. The van der Waals surface area contributed by atoms with Crippen LogP contribution in [0.3, 0.4) is 0 Å². The highest BCUT2D eigenvalue weighted by Crippen LogP contribution is 2.66. The van der Waals surface area contributed by atoms with Crippen LogP contribution in [0, 0.1) is 0 Å². The summed E-state index contributed by atoms with van der Waals surface area (Å²) in [5.74, 6) is 1.76. The molecule has 0 atom stereocenters. The first-order valence-corrected chi connectivity index (χ1v) is 23.5. The number of hydrogen-bond acceptors (Lipinski definition) is 4. The van der Waals surface area contributed by atoms with Gasteiger partial charge in [0.2, 0.25) is 0 Å². The minimum absolute atomic E-state index is 0.475. The topological polar surface area (TPSA) is 25.6 Å². The molecule has 3 nitrogen and oxygen atoms in total. The van der Waals surface area contributed by atoms with Crippen LogP contribution in [0.25, 0.3) is 44.2 Å². The zero-order valence-corrected chi connectivity index (χ0v) is 36.4. The van der Waals surface area contributed by atoms with E-state index in [2.05, 4.69) is 229 Å². The van der Waals surface area contributed by atoms with Crippen LogP contribution in [0.1, 0.15) is 44.5 Å². The SMILES string of the molecule is c1ccc2c(c1)Oc1ccccc1C21c2ccccc2-c2c(N(c3ccc4c(c3)-c3ccccc3C43c4ccccc4Sc4ccccc43)c3cccc4oc5ccccc5c34)cccc21. The molecule has 0 N–H and O–H groups in total. The maximum atomic E-state index is 6.73. The molecule has 0 unspecified atom stereocenters. The second kappa shape index (κ2) is 13.3. The highest BCUT2D eigenvalue weighted by molar-refractivity contribution is 7.99. The molecule has 0 fully saturated rings. The minimum Gasteiger partial charge on any atom is -0.457 e. The van der Waals surface area contributed by atoms with Crippen molar-refractivity contribution in [2.24, 2.45) is 0 Å². The second-order valence-electron chi connectivity index (χ2n) is 17.8. The van der Waals surface area contributed by atoms with E-state index in [1.165, 1.54) is 65.4 Å². The molecule has 2 aliphatic heterocycles.